The van der Waals surface area contributed by atoms with Gasteiger partial charge in [-0.25, -0.2) is 0 Å². The molecule has 3 atom stereocenters. The molecule has 1 saturated heterocycles. The first kappa shape index (κ1) is 16.2. The molecule has 0 amide bonds. The summed E-state index contributed by atoms with van der Waals surface area (Å²) in [6, 6.07) is 6.16. The van der Waals surface area contributed by atoms with Gasteiger partial charge in [0.2, 0.25) is 0 Å². The summed E-state index contributed by atoms with van der Waals surface area (Å²) in [5.41, 5.74) is 8.25. The Hall–Kier alpha value is -1.14. The maximum absolute atomic E-state index is 5.98. The third-order valence-electron chi connectivity index (χ3n) is 4.12. The van der Waals surface area contributed by atoms with Crippen LogP contribution in [0.3, 0.4) is 0 Å². The molecule has 0 aromatic heterocycles. The van der Waals surface area contributed by atoms with Crippen molar-refractivity contribution in [2.45, 2.75) is 31.7 Å². The van der Waals surface area contributed by atoms with Gasteiger partial charge in [0.1, 0.15) is 5.75 Å². The number of ether oxygens (including phenoxy) is 3. The fourth-order valence-electron chi connectivity index (χ4n) is 2.85. The number of nitrogens with zero attached hydrogens (tertiary/aromatic N) is 1. The molecule has 5 heteroatoms. The van der Waals surface area contributed by atoms with E-state index in [4.69, 9.17) is 19.9 Å². The van der Waals surface area contributed by atoms with Crippen molar-refractivity contribution < 1.29 is 14.2 Å². The Kier molecular flexibility index (Phi) is 5.58. The molecule has 0 radical (unpaired) electrons. The minimum absolute atomic E-state index is 0.0201. The van der Waals surface area contributed by atoms with E-state index in [-0.39, 0.29) is 18.2 Å². The van der Waals surface area contributed by atoms with Crippen molar-refractivity contribution in [3.63, 3.8) is 0 Å². The molecule has 1 aromatic carbocycles. The van der Waals surface area contributed by atoms with Gasteiger partial charge in [-0.15, -0.1) is 0 Å². The molecule has 3 unspecified atom stereocenters. The highest BCUT2D eigenvalue weighted by Crippen LogP contribution is 2.26. The maximum Gasteiger partial charge on any atom is 0.123 e. The molecule has 0 aliphatic carbocycles. The average Bonchev–Trinajstić information content (AvgIpc) is 2.89. The second kappa shape index (κ2) is 7.22. The molecule has 21 heavy (non-hydrogen) atoms. The smallest absolute Gasteiger partial charge is 0.123 e. The van der Waals surface area contributed by atoms with E-state index in [2.05, 4.69) is 11.0 Å². The first-order valence-corrected chi connectivity index (χ1v) is 7.29. The van der Waals surface area contributed by atoms with Crippen LogP contribution in [0.2, 0.25) is 0 Å². The summed E-state index contributed by atoms with van der Waals surface area (Å²) in [7, 11) is 5.17. The third kappa shape index (κ3) is 3.74. The van der Waals surface area contributed by atoms with Crippen molar-refractivity contribution in [3.05, 3.63) is 29.3 Å². The van der Waals surface area contributed by atoms with Gasteiger partial charge in [0.15, 0.2) is 0 Å². The summed E-state index contributed by atoms with van der Waals surface area (Å²) in [6.45, 7) is 4.52. The maximum atomic E-state index is 5.98. The number of rotatable bonds is 6. The fourth-order valence-corrected chi connectivity index (χ4v) is 2.85. The van der Waals surface area contributed by atoms with E-state index in [1.165, 1.54) is 0 Å². The predicted octanol–water partition coefficient (Wildman–Crippen LogP) is 1.56. The molecular weight excluding hydrogens is 268 g/mol. The summed E-state index contributed by atoms with van der Waals surface area (Å²) in [5, 5.41) is 0. The highest BCUT2D eigenvalue weighted by Gasteiger charge is 2.33. The lowest BCUT2D eigenvalue weighted by molar-refractivity contribution is -0.00461. The topological polar surface area (TPSA) is 57.0 Å². The summed E-state index contributed by atoms with van der Waals surface area (Å²) in [5.74, 6) is 0.897. The SMILES string of the molecule is COc1ccc(C(C)N)cc1CN1CC(OC)C(OC)C1. The number of hydrogen-bond acceptors (Lipinski definition) is 5. The van der Waals surface area contributed by atoms with Crippen molar-refractivity contribution in [1.82, 2.24) is 4.90 Å². The van der Waals surface area contributed by atoms with Crippen LogP contribution in [0.25, 0.3) is 0 Å². The van der Waals surface area contributed by atoms with Gasteiger partial charge in [-0.3, -0.25) is 4.90 Å². The largest absolute Gasteiger partial charge is 0.496 e. The predicted molar refractivity (Wildman–Crippen MR) is 82.5 cm³/mol. The number of nitrogens with two attached hydrogens (primary N) is 1. The minimum Gasteiger partial charge on any atom is -0.496 e. The Bertz CT molecular complexity index is 453. The molecule has 2 rings (SSSR count). The van der Waals surface area contributed by atoms with E-state index < -0.39 is 0 Å². The van der Waals surface area contributed by atoms with Gasteiger partial charge in [0, 0.05) is 45.5 Å². The van der Waals surface area contributed by atoms with Crippen molar-refractivity contribution in [1.29, 1.82) is 0 Å². The first-order chi connectivity index (χ1) is 10.1. The van der Waals surface area contributed by atoms with Crippen LogP contribution in [-0.2, 0) is 16.0 Å². The molecule has 1 aliphatic rings. The highest BCUT2D eigenvalue weighted by molar-refractivity contribution is 5.38. The summed E-state index contributed by atoms with van der Waals surface area (Å²) in [4.78, 5) is 2.32. The van der Waals surface area contributed by atoms with Crippen molar-refractivity contribution in [2.24, 2.45) is 5.73 Å². The van der Waals surface area contributed by atoms with E-state index in [9.17, 15) is 0 Å². The van der Waals surface area contributed by atoms with Crippen LogP contribution >= 0.6 is 0 Å². The van der Waals surface area contributed by atoms with Gasteiger partial charge in [-0.2, -0.15) is 0 Å². The molecule has 2 N–H and O–H groups in total. The minimum atomic E-state index is 0.0201. The van der Waals surface area contributed by atoms with Crippen molar-refractivity contribution in [3.8, 4) is 5.75 Å². The standard InChI is InChI=1S/C16H26N2O3/c1-11(17)12-5-6-14(19-2)13(7-12)8-18-9-15(20-3)16(10-18)21-4/h5-7,11,15-16H,8-10,17H2,1-4H3. The zero-order valence-electron chi connectivity index (χ0n) is 13.3. The third-order valence-corrected chi connectivity index (χ3v) is 4.12. The van der Waals surface area contributed by atoms with Crippen LogP contribution < -0.4 is 10.5 Å². The lowest BCUT2D eigenvalue weighted by Gasteiger charge is -2.19. The summed E-state index contributed by atoms with van der Waals surface area (Å²) < 4.78 is 16.4. The fraction of sp³-hybridized carbons (Fsp3) is 0.625. The lowest BCUT2D eigenvalue weighted by Crippen LogP contribution is -2.27. The molecule has 0 bridgehead atoms. The molecule has 1 fully saturated rings. The van der Waals surface area contributed by atoms with E-state index in [0.717, 1.165) is 36.5 Å². The van der Waals surface area contributed by atoms with E-state index in [1.54, 1.807) is 21.3 Å². The number of hydrogen-bond donors (Lipinski definition) is 1. The van der Waals surface area contributed by atoms with Gasteiger partial charge in [0.25, 0.3) is 0 Å². The molecule has 0 saturated carbocycles. The quantitative estimate of drug-likeness (QED) is 0.863. The van der Waals surface area contributed by atoms with E-state index in [1.807, 2.05) is 19.1 Å². The van der Waals surface area contributed by atoms with Gasteiger partial charge < -0.3 is 19.9 Å². The van der Waals surface area contributed by atoms with Crippen molar-refractivity contribution >= 4 is 0 Å². The molecule has 1 heterocycles. The van der Waals surface area contributed by atoms with Gasteiger partial charge in [-0.1, -0.05) is 6.07 Å². The van der Waals surface area contributed by atoms with E-state index >= 15 is 0 Å². The van der Waals surface area contributed by atoms with Crippen LogP contribution in [0.5, 0.6) is 5.75 Å². The zero-order valence-corrected chi connectivity index (χ0v) is 13.3. The molecule has 5 nitrogen and oxygen atoms in total. The highest BCUT2D eigenvalue weighted by atomic mass is 16.5. The Labute approximate surface area is 127 Å². The summed E-state index contributed by atoms with van der Waals surface area (Å²) >= 11 is 0. The van der Waals surface area contributed by atoms with Crippen LogP contribution in [0, 0.1) is 0 Å². The average molecular weight is 294 g/mol. The molecule has 1 aliphatic heterocycles. The first-order valence-electron chi connectivity index (χ1n) is 7.29. The van der Waals surface area contributed by atoms with Crippen LogP contribution in [0.4, 0.5) is 0 Å². The molecule has 1 aromatic rings. The van der Waals surface area contributed by atoms with Gasteiger partial charge in [0.05, 0.1) is 19.3 Å². The Morgan fingerprint density at radius 1 is 1.19 bits per heavy atom. The normalized spacial score (nSPS) is 24.2. The Balaban J connectivity index is 2.13. The zero-order chi connectivity index (χ0) is 15.4. The van der Waals surface area contributed by atoms with E-state index in [0.29, 0.717) is 0 Å². The Morgan fingerprint density at radius 3 is 2.29 bits per heavy atom. The van der Waals surface area contributed by atoms with Crippen molar-refractivity contribution in [2.75, 3.05) is 34.4 Å². The van der Waals surface area contributed by atoms with Crippen LogP contribution in [-0.4, -0.2) is 51.5 Å². The van der Waals surface area contributed by atoms with Crippen LogP contribution in [0.1, 0.15) is 24.1 Å². The van der Waals surface area contributed by atoms with Gasteiger partial charge >= 0.3 is 0 Å². The summed E-state index contributed by atoms with van der Waals surface area (Å²) in [6.07, 6.45) is 0.246. The molecule has 118 valence electrons. The number of likely N-dealkylation sites (tertiary alicyclic amines) is 1. The second-order valence-electron chi connectivity index (χ2n) is 5.60. The lowest BCUT2D eigenvalue weighted by atomic mass is 10.0. The number of methoxy groups -OCH3 is 3. The second-order valence-corrected chi connectivity index (χ2v) is 5.60. The Morgan fingerprint density at radius 2 is 1.81 bits per heavy atom. The molecular formula is C16H26N2O3. The van der Waals surface area contributed by atoms with Gasteiger partial charge in [-0.05, 0) is 24.6 Å². The van der Waals surface area contributed by atoms with Crippen LogP contribution in [0.15, 0.2) is 18.2 Å². The number of benzene rings is 1. The monoisotopic (exact) mass is 294 g/mol. The molecule has 0 spiro atoms.